The number of hydrogen-bond donors (Lipinski definition) is 2. The molecule has 0 aliphatic rings. The van der Waals surface area contributed by atoms with Crippen LogP contribution in [0.4, 0.5) is 11.4 Å². The van der Waals surface area contributed by atoms with Gasteiger partial charge in [-0.05, 0) is 42.0 Å². The maximum atomic E-state index is 11.7. The molecule has 2 rings (SSSR count). The zero-order valence-electron chi connectivity index (χ0n) is 21.3. The Hall–Kier alpha value is -1.99. The molecule has 7 heteroatoms. The molecule has 0 aliphatic heterocycles. The van der Waals surface area contributed by atoms with Crippen molar-refractivity contribution >= 4 is 33.9 Å². The molecule has 0 saturated heterocycles. The molecule has 0 spiro atoms. The van der Waals surface area contributed by atoms with Gasteiger partial charge < -0.3 is 9.47 Å². The Kier molecular flexibility index (Phi) is 13.1. The van der Waals surface area contributed by atoms with Crippen molar-refractivity contribution in [2.75, 3.05) is 25.5 Å². The molecule has 34 heavy (non-hydrogen) atoms. The lowest BCUT2D eigenvalue weighted by Gasteiger charge is -2.23. The van der Waals surface area contributed by atoms with E-state index in [9.17, 15) is 10.1 Å². The molecule has 0 radical (unpaired) electrons. The predicted octanol–water partition coefficient (Wildman–Crippen LogP) is 9.16. The molecule has 0 fully saturated rings. The third kappa shape index (κ3) is 7.51. The molecule has 2 N–H and O–H groups in total. The maximum Gasteiger partial charge on any atom is 0.133 e. The topological polar surface area (TPSA) is 80.1 Å². The Morgan fingerprint density at radius 1 is 0.941 bits per heavy atom. The lowest BCUT2D eigenvalue weighted by Crippen LogP contribution is -2.03. The van der Waals surface area contributed by atoms with E-state index in [0.29, 0.717) is 28.0 Å². The number of benzene rings is 2. The molecule has 1 atom stereocenters. The fourth-order valence-electron chi connectivity index (χ4n) is 4.48. The van der Waals surface area contributed by atoms with Crippen molar-refractivity contribution in [1.82, 2.24) is 0 Å². The molecule has 0 saturated carbocycles. The molecule has 2 aromatic rings. The number of unbranched alkanes of at least 4 members (excludes halogenated alkanes) is 8. The number of nitroso groups, excluding NO2 is 1. The largest absolute Gasteiger partial charge is 0.496 e. The van der Waals surface area contributed by atoms with Gasteiger partial charge in [0.2, 0.25) is 0 Å². The summed E-state index contributed by atoms with van der Waals surface area (Å²) in [6, 6.07) is 5.23. The van der Waals surface area contributed by atoms with E-state index in [1.807, 2.05) is 17.8 Å². The number of fused-ring (bicyclic) bond motifs is 1. The van der Waals surface area contributed by atoms with Crippen LogP contribution in [0, 0.1) is 4.91 Å². The van der Waals surface area contributed by atoms with Gasteiger partial charge >= 0.3 is 0 Å². The number of ether oxygens (including phenoxy) is 2. The average molecular weight is 491 g/mol. The van der Waals surface area contributed by atoms with Gasteiger partial charge in [-0.1, -0.05) is 71.6 Å². The van der Waals surface area contributed by atoms with E-state index in [1.165, 1.54) is 57.8 Å². The van der Waals surface area contributed by atoms with Gasteiger partial charge in [0.1, 0.15) is 17.2 Å². The van der Waals surface area contributed by atoms with Crippen LogP contribution in [0.1, 0.15) is 95.3 Å². The Balaban J connectivity index is 2.45. The van der Waals surface area contributed by atoms with Crippen LogP contribution in [0.2, 0.25) is 0 Å². The second-order valence-corrected chi connectivity index (χ2v) is 10.1. The van der Waals surface area contributed by atoms with Gasteiger partial charge in [0.05, 0.1) is 30.7 Å². The third-order valence-corrected chi connectivity index (χ3v) is 7.75. The molecule has 0 aromatic heterocycles. The Bertz CT molecular complexity index is 891. The standard InChI is InChI=1S/C27H42N2O4S/c1-5-7-9-11-12-13-15-24(34-18-14-10-8-6-2)20-19-23(32-3)25-21(28-30)16-17-22(29-31)26(25)27(20)33-4/h16-17,19,24,28,30H,5-15,18H2,1-4H3. The number of methoxy groups -OCH3 is 2. The molecule has 190 valence electrons. The van der Waals surface area contributed by atoms with Crippen LogP contribution in [0.25, 0.3) is 10.8 Å². The molecule has 0 amide bonds. The van der Waals surface area contributed by atoms with Crippen molar-refractivity contribution < 1.29 is 14.7 Å². The highest BCUT2D eigenvalue weighted by molar-refractivity contribution is 7.99. The van der Waals surface area contributed by atoms with Crippen molar-refractivity contribution in [2.24, 2.45) is 5.18 Å². The third-order valence-electron chi connectivity index (χ3n) is 6.33. The summed E-state index contributed by atoms with van der Waals surface area (Å²) in [6.07, 6.45) is 13.5. The number of thioether (sulfide) groups is 1. The van der Waals surface area contributed by atoms with Crippen LogP contribution in [-0.2, 0) is 0 Å². The van der Waals surface area contributed by atoms with Gasteiger partial charge in [-0.2, -0.15) is 11.8 Å². The van der Waals surface area contributed by atoms with Crippen LogP contribution in [0.3, 0.4) is 0 Å². The van der Waals surface area contributed by atoms with E-state index in [1.54, 1.807) is 26.4 Å². The summed E-state index contributed by atoms with van der Waals surface area (Å²) in [4.78, 5) is 11.7. The Morgan fingerprint density at radius 3 is 2.24 bits per heavy atom. The van der Waals surface area contributed by atoms with E-state index in [2.05, 4.69) is 24.5 Å². The first-order valence-corrected chi connectivity index (χ1v) is 13.8. The molecular weight excluding hydrogens is 448 g/mol. The maximum absolute atomic E-state index is 11.7. The van der Waals surface area contributed by atoms with Crippen LogP contribution >= 0.6 is 11.8 Å². The lowest BCUT2D eigenvalue weighted by atomic mass is 9.96. The van der Waals surface area contributed by atoms with Gasteiger partial charge in [-0.3, -0.25) is 10.7 Å². The van der Waals surface area contributed by atoms with Crippen molar-refractivity contribution in [2.45, 2.75) is 89.7 Å². The van der Waals surface area contributed by atoms with Crippen molar-refractivity contribution in [3.63, 3.8) is 0 Å². The summed E-state index contributed by atoms with van der Waals surface area (Å²) < 4.78 is 11.6. The van der Waals surface area contributed by atoms with Crippen LogP contribution in [0.5, 0.6) is 11.5 Å². The number of nitrogens with one attached hydrogen (secondary N) is 1. The smallest absolute Gasteiger partial charge is 0.133 e. The fourth-order valence-corrected chi connectivity index (χ4v) is 5.83. The van der Waals surface area contributed by atoms with Crippen LogP contribution in [0.15, 0.2) is 23.4 Å². The van der Waals surface area contributed by atoms with E-state index in [0.717, 1.165) is 24.2 Å². The van der Waals surface area contributed by atoms with Crippen molar-refractivity contribution in [3.05, 3.63) is 28.7 Å². The second kappa shape index (κ2) is 15.8. The zero-order chi connectivity index (χ0) is 24.8. The molecule has 0 aliphatic carbocycles. The highest BCUT2D eigenvalue weighted by atomic mass is 32.2. The number of rotatable bonds is 18. The lowest BCUT2D eigenvalue weighted by molar-refractivity contribution is 0.388. The monoisotopic (exact) mass is 490 g/mol. The number of hydrogen-bond acceptors (Lipinski definition) is 7. The normalized spacial score (nSPS) is 12.0. The summed E-state index contributed by atoms with van der Waals surface area (Å²) in [5.41, 5.74) is 3.98. The molecule has 1 unspecified atom stereocenters. The first-order chi connectivity index (χ1) is 16.7. The van der Waals surface area contributed by atoms with Gasteiger partial charge in [0.15, 0.2) is 0 Å². The Labute approximate surface area is 209 Å². The van der Waals surface area contributed by atoms with E-state index >= 15 is 0 Å². The highest BCUT2D eigenvalue weighted by Crippen LogP contribution is 2.50. The summed E-state index contributed by atoms with van der Waals surface area (Å²) in [5.74, 6) is 2.31. The van der Waals surface area contributed by atoms with Crippen LogP contribution < -0.4 is 15.0 Å². The van der Waals surface area contributed by atoms with Crippen LogP contribution in [-0.4, -0.2) is 25.2 Å². The van der Waals surface area contributed by atoms with Crippen molar-refractivity contribution in [3.8, 4) is 11.5 Å². The van der Waals surface area contributed by atoms with Gasteiger partial charge in [0.25, 0.3) is 0 Å². The average Bonchev–Trinajstić information content (AvgIpc) is 2.87. The highest BCUT2D eigenvalue weighted by Gasteiger charge is 2.25. The minimum atomic E-state index is 0.228. The molecule has 0 heterocycles. The first-order valence-electron chi connectivity index (χ1n) is 12.7. The SMILES string of the molecule is CCCCCCCCC(SCCCCCC)c1cc(OC)c2c(NO)ccc(N=O)c2c1OC. The zero-order valence-corrected chi connectivity index (χ0v) is 22.1. The van der Waals surface area contributed by atoms with Gasteiger partial charge in [-0.15, -0.1) is 4.91 Å². The summed E-state index contributed by atoms with van der Waals surface area (Å²) in [7, 11) is 3.24. The van der Waals surface area contributed by atoms with Gasteiger partial charge in [0, 0.05) is 10.8 Å². The van der Waals surface area contributed by atoms with Crippen molar-refractivity contribution in [1.29, 1.82) is 0 Å². The predicted molar refractivity (Wildman–Crippen MR) is 145 cm³/mol. The first kappa shape index (κ1) is 28.2. The molecule has 0 bridgehead atoms. The molecule has 2 aromatic carbocycles. The summed E-state index contributed by atoms with van der Waals surface area (Å²) in [5, 5.41) is 14.3. The van der Waals surface area contributed by atoms with E-state index in [-0.39, 0.29) is 10.9 Å². The fraction of sp³-hybridized carbons (Fsp3) is 0.630. The van der Waals surface area contributed by atoms with Gasteiger partial charge in [-0.25, -0.2) is 0 Å². The number of anilines is 1. The van der Waals surface area contributed by atoms with E-state index < -0.39 is 0 Å². The number of nitrogens with zero attached hydrogens (tertiary/aromatic N) is 1. The summed E-state index contributed by atoms with van der Waals surface area (Å²) in [6.45, 7) is 4.47. The quantitative estimate of drug-likeness (QED) is 0.123. The molecule has 6 nitrogen and oxygen atoms in total. The molecular formula is C27H42N2O4S. The Morgan fingerprint density at radius 2 is 1.62 bits per heavy atom. The van der Waals surface area contributed by atoms with E-state index in [4.69, 9.17) is 9.47 Å². The minimum absolute atomic E-state index is 0.228. The summed E-state index contributed by atoms with van der Waals surface area (Å²) >= 11 is 1.96. The second-order valence-electron chi connectivity index (χ2n) is 8.76. The minimum Gasteiger partial charge on any atom is -0.496 e.